The summed E-state index contributed by atoms with van der Waals surface area (Å²) in [4.78, 5) is 34.8. The van der Waals surface area contributed by atoms with E-state index < -0.39 is 0 Å². The van der Waals surface area contributed by atoms with Crippen molar-refractivity contribution in [3.63, 3.8) is 0 Å². The van der Waals surface area contributed by atoms with E-state index in [0.29, 0.717) is 13.0 Å². The van der Waals surface area contributed by atoms with Crippen LogP contribution in [0.2, 0.25) is 0 Å². The number of hydrogen-bond acceptors (Lipinski definition) is 4. The lowest BCUT2D eigenvalue weighted by Gasteiger charge is -2.34. The highest BCUT2D eigenvalue weighted by Gasteiger charge is 2.30. The van der Waals surface area contributed by atoms with Gasteiger partial charge in [-0.25, -0.2) is 4.98 Å². The number of likely N-dealkylation sites (tertiary alicyclic amines) is 1. The van der Waals surface area contributed by atoms with Crippen molar-refractivity contribution in [3.05, 3.63) is 63.1 Å². The van der Waals surface area contributed by atoms with Gasteiger partial charge in [0.15, 0.2) is 0 Å². The number of imidazole rings is 1. The molecule has 0 spiro atoms. The number of thiazole rings is 1. The lowest BCUT2D eigenvalue weighted by molar-refractivity contribution is -0.135. The molecule has 3 heterocycles. The van der Waals surface area contributed by atoms with Crippen molar-refractivity contribution < 1.29 is 4.79 Å². The zero-order valence-electron chi connectivity index (χ0n) is 15.9. The fraction of sp³-hybridized carbons (Fsp3) is 0.381. The van der Waals surface area contributed by atoms with Gasteiger partial charge in [0.2, 0.25) is 5.91 Å². The van der Waals surface area contributed by atoms with Crippen LogP contribution in [0.3, 0.4) is 0 Å². The van der Waals surface area contributed by atoms with Gasteiger partial charge < -0.3 is 14.5 Å². The number of H-pyrrole nitrogens is 1. The summed E-state index contributed by atoms with van der Waals surface area (Å²) in [7, 11) is 0. The van der Waals surface area contributed by atoms with Gasteiger partial charge >= 0.3 is 4.87 Å². The summed E-state index contributed by atoms with van der Waals surface area (Å²) in [6.07, 6.45) is 5.17. The van der Waals surface area contributed by atoms with Crippen LogP contribution in [0.25, 0.3) is 11.3 Å². The van der Waals surface area contributed by atoms with E-state index >= 15 is 0 Å². The Labute approximate surface area is 167 Å². The maximum absolute atomic E-state index is 12.9. The summed E-state index contributed by atoms with van der Waals surface area (Å²) in [5.41, 5.74) is 2.97. The molecule has 2 aromatic heterocycles. The fourth-order valence-corrected chi connectivity index (χ4v) is 4.57. The Morgan fingerprint density at radius 1 is 1.29 bits per heavy atom. The maximum Gasteiger partial charge on any atom is 0.307 e. The molecule has 1 N–H and O–H groups in total. The minimum absolute atomic E-state index is 0.000897. The molecule has 1 atom stereocenters. The van der Waals surface area contributed by atoms with Crippen molar-refractivity contribution in [3.8, 4) is 11.3 Å². The van der Waals surface area contributed by atoms with E-state index in [1.54, 1.807) is 4.57 Å². The standard InChI is InChI=1S/C21H24N4O2S/c1-15-14-28-21(27)24(15)12-10-19(26)25-11-6-5-9-18(25)20-22-13-17(23-20)16-7-3-2-4-8-16/h2-4,7-8,13-14,18H,5-6,9-12H2,1H3,(H,22,23). The van der Waals surface area contributed by atoms with Gasteiger partial charge in [0, 0.05) is 30.6 Å². The molecule has 0 radical (unpaired) electrons. The van der Waals surface area contributed by atoms with Crippen LogP contribution in [0, 0.1) is 6.92 Å². The molecular formula is C21H24N4O2S. The van der Waals surface area contributed by atoms with Gasteiger partial charge in [-0.1, -0.05) is 41.7 Å². The van der Waals surface area contributed by atoms with Crippen LogP contribution in [0.1, 0.15) is 43.2 Å². The Kier molecular flexibility index (Phi) is 5.43. The van der Waals surface area contributed by atoms with Gasteiger partial charge in [0.05, 0.1) is 17.9 Å². The molecule has 1 aliphatic heterocycles. The number of benzene rings is 1. The SMILES string of the molecule is Cc1csc(=O)n1CCC(=O)N1CCCCC1c1ncc(-c2ccccc2)[nH]1. The Balaban J connectivity index is 1.49. The second-order valence-electron chi connectivity index (χ2n) is 7.19. The summed E-state index contributed by atoms with van der Waals surface area (Å²) in [6.45, 7) is 3.08. The average Bonchev–Trinajstić information content (AvgIpc) is 3.34. The van der Waals surface area contributed by atoms with E-state index in [9.17, 15) is 9.59 Å². The Morgan fingerprint density at radius 3 is 2.86 bits per heavy atom. The van der Waals surface area contributed by atoms with Crippen molar-refractivity contribution >= 4 is 17.2 Å². The van der Waals surface area contributed by atoms with Crippen molar-refractivity contribution in [2.75, 3.05) is 6.54 Å². The molecule has 28 heavy (non-hydrogen) atoms. The summed E-state index contributed by atoms with van der Waals surface area (Å²) in [5.74, 6) is 0.927. The highest BCUT2D eigenvalue weighted by atomic mass is 32.1. The topological polar surface area (TPSA) is 71.0 Å². The van der Waals surface area contributed by atoms with Crippen molar-refractivity contribution in [1.82, 2.24) is 19.4 Å². The molecule has 3 aromatic rings. The zero-order valence-corrected chi connectivity index (χ0v) is 16.7. The molecule has 0 aliphatic carbocycles. The van der Waals surface area contributed by atoms with Crippen LogP contribution in [-0.4, -0.2) is 31.9 Å². The van der Waals surface area contributed by atoms with E-state index in [1.165, 1.54) is 11.3 Å². The number of amides is 1. The van der Waals surface area contributed by atoms with Crippen LogP contribution >= 0.6 is 11.3 Å². The maximum atomic E-state index is 12.9. The monoisotopic (exact) mass is 396 g/mol. The summed E-state index contributed by atoms with van der Waals surface area (Å²) in [5, 5.41) is 1.84. The van der Waals surface area contributed by atoms with Crippen LogP contribution in [-0.2, 0) is 11.3 Å². The molecule has 1 aliphatic rings. The molecule has 0 bridgehead atoms. The molecule has 1 fully saturated rings. The smallest absolute Gasteiger partial charge is 0.307 e. The lowest BCUT2D eigenvalue weighted by Crippen LogP contribution is -2.39. The normalized spacial score (nSPS) is 17.0. The molecule has 1 aromatic carbocycles. The quantitative estimate of drug-likeness (QED) is 0.714. The molecule has 7 heteroatoms. The third kappa shape index (κ3) is 3.80. The second kappa shape index (κ2) is 8.14. The van der Waals surface area contributed by atoms with Crippen molar-refractivity contribution in [2.24, 2.45) is 0 Å². The minimum atomic E-state index is -0.0287. The first-order valence-electron chi connectivity index (χ1n) is 9.68. The number of carbonyl (C=O) groups is 1. The number of aryl methyl sites for hydroxylation is 1. The van der Waals surface area contributed by atoms with E-state index in [-0.39, 0.29) is 16.8 Å². The van der Waals surface area contributed by atoms with Crippen LogP contribution in [0.5, 0.6) is 0 Å². The third-order valence-corrected chi connectivity index (χ3v) is 6.23. The Hall–Kier alpha value is -2.67. The van der Waals surface area contributed by atoms with Crippen molar-refractivity contribution in [2.45, 2.75) is 45.2 Å². The third-order valence-electron chi connectivity index (χ3n) is 5.34. The number of aromatic nitrogens is 3. The summed E-state index contributed by atoms with van der Waals surface area (Å²) >= 11 is 1.18. The Bertz CT molecular complexity index is 1000. The number of rotatable bonds is 5. The van der Waals surface area contributed by atoms with Gasteiger partial charge in [-0.3, -0.25) is 9.59 Å². The minimum Gasteiger partial charge on any atom is -0.340 e. The summed E-state index contributed by atoms with van der Waals surface area (Å²) in [6, 6.07) is 10.0. The molecule has 4 rings (SSSR count). The first-order chi connectivity index (χ1) is 13.6. The van der Waals surface area contributed by atoms with Gasteiger partial charge in [0.25, 0.3) is 0 Å². The fourth-order valence-electron chi connectivity index (χ4n) is 3.81. The Morgan fingerprint density at radius 2 is 2.11 bits per heavy atom. The highest BCUT2D eigenvalue weighted by Crippen LogP contribution is 2.31. The van der Waals surface area contributed by atoms with Gasteiger partial charge in [-0.2, -0.15) is 0 Å². The predicted molar refractivity (Wildman–Crippen MR) is 110 cm³/mol. The lowest BCUT2D eigenvalue weighted by atomic mass is 10.0. The number of aromatic amines is 1. The molecular weight excluding hydrogens is 372 g/mol. The van der Waals surface area contributed by atoms with E-state index in [2.05, 4.69) is 9.97 Å². The first-order valence-corrected chi connectivity index (χ1v) is 10.6. The number of carbonyl (C=O) groups excluding carboxylic acids is 1. The second-order valence-corrected chi connectivity index (χ2v) is 8.01. The van der Waals surface area contributed by atoms with Crippen LogP contribution < -0.4 is 4.87 Å². The molecule has 0 saturated carbocycles. The van der Waals surface area contributed by atoms with Crippen LogP contribution in [0.4, 0.5) is 0 Å². The number of nitrogens with zero attached hydrogens (tertiary/aromatic N) is 3. The van der Waals surface area contributed by atoms with Gasteiger partial charge in [-0.15, -0.1) is 0 Å². The highest BCUT2D eigenvalue weighted by molar-refractivity contribution is 7.07. The van der Waals surface area contributed by atoms with E-state index in [0.717, 1.165) is 48.6 Å². The van der Waals surface area contributed by atoms with Crippen LogP contribution in [0.15, 0.2) is 46.7 Å². The number of hydrogen-bond donors (Lipinski definition) is 1. The zero-order chi connectivity index (χ0) is 19.5. The van der Waals surface area contributed by atoms with Gasteiger partial charge in [0.1, 0.15) is 5.82 Å². The molecule has 6 nitrogen and oxygen atoms in total. The van der Waals surface area contributed by atoms with E-state index in [4.69, 9.17) is 0 Å². The predicted octanol–water partition coefficient (Wildman–Crippen LogP) is 3.75. The molecule has 1 saturated heterocycles. The summed E-state index contributed by atoms with van der Waals surface area (Å²) < 4.78 is 1.68. The molecule has 146 valence electrons. The average molecular weight is 397 g/mol. The first kappa shape index (κ1) is 18.7. The number of piperidine rings is 1. The number of nitrogens with one attached hydrogen (secondary N) is 1. The van der Waals surface area contributed by atoms with E-state index in [1.807, 2.05) is 53.7 Å². The largest absolute Gasteiger partial charge is 0.340 e. The molecule has 1 amide bonds. The van der Waals surface area contributed by atoms with Crippen molar-refractivity contribution in [1.29, 1.82) is 0 Å². The molecule has 1 unspecified atom stereocenters. The van der Waals surface area contributed by atoms with Gasteiger partial charge in [-0.05, 0) is 31.7 Å².